The van der Waals surface area contributed by atoms with Gasteiger partial charge < -0.3 is 14.7 Å². The average molecular weight is 369 g/mol. The minimum atomic E-state index is 0.0593. The summed E-state index contributed by atoms with van der Waals surface area (Å²) in [6.45, 7) is 3.32. The van der Waals surface area contributed by atoms with Crippen molar-refractivity contribution in [2.45, 2.75) is 25.8 Å². The summed E-state index contributed by atoms with van der Waals surface area (Å²) >= 11 is 1.61. The third-order valence-electron chi connectivity index (χ3n) is 4.34. The number of nitrogens with zero attached hydrogens (tertiary/aromatic N) is 4. The van der Waals surface area contributed by atoms with Crippen molar-refractivity contribution in [1.29, 1.82) is 0 Å². The number of aryl methyl sites for hydroxylation is 1. The van der Waals surface area contributed by atoms with Gasteiger partial charge in [-0.25, -0.2) is 4.98 Å². The number of carbonyl (C=O) groups excluding carboxylic acids is 1. The van der Waals surface area contributed by atoms with E-state index in [2.05, 4.69) is 25.3 Å². The Balaban J connectivity index is 1.43. The molecular formula is C18H19N5O2S. The Kier molecular flexibility index (Phi) is 4.66. The average Bonchev–Trinajstić information content (AvgIpc) is 3.37. The summed E-state index contributed by atoms with van der Waals surface area (Å²) < 4.78 is 5.30. The topological polar surface area (TPSA) is 84.2 Å². The maximum Gasteiger partial charge on any atom is 0.261 e. The van der Waals surface area contributed by atoms with Crippen molar-refractivity contribution in [3.05, 3.63) is 46.5 Å². The van der Waals surface area contributed by atoms with Crippen molar-refractivity contribution in [1.82, 2.24) is 20.4 Å². The van der Waals surface area contributed by atoms with Crippen LogP contribution < -0.4 is 10.2 Å². The number of hydrogen-bond donors (Lipinski definition) is 1. The number of carbonyl (C=O) groups is 1. The second-order valence-electron chi connectivity index (χ2n) is 6.33. The number of anilines is 1. The van der Waals surface area contributed by atoms with Crippen molar-refractivity contribution in [3.63, 3.8) is 0 Å². The van der Waals surface area contributed by atoms with Crippen molar-refractivity contribution in [2.24, 2.45) is 0 Å². The molecule has 0 unspecified atom stereocenters. The van der Waals surface area contributed by atoms with Crippen molar-refractivity contribution in [3.8, 4) is 11.5 Å². The van der Waals surface area contributed by atoms with Gasteiger partial charge in [-0.15, -0.1) is 0 Å². The van der Waals surface area contributed by atoms with Gasteiger partial charge in [0.1, 0.15) is 5.82 Å². The maximum atomic E-state index is 12.2. The first-order valence-corrected chi connectivity index (χ1v) is 9.44. The van der Waals surface area contributed by atoms with Crippen LogP contribution in [0, 0.1) is 6.92 Å². The van der Waals surface area contributed by atoms with Gasteiger partial charge in [-0.1, -0.05) is 5.16 Å². The van der Waals surface area contributed by atoms with Crippen LogP contribution in [-0.4, -0.2) is 40.2 Å². The second kappa shape index (κ2) is 7.25. The first kappa shape index (κ1) is 16.7. The van der Waals surface area contributed by atoms with Crippen LogP contribution in [0.15, 0.2) is 39.7 Å². The van der Waals surface area contributed by atoms with E-state index in [1.165, 1.54) is 0 Å². The molecule has 4 rings (SSSR count). The number of nitrogens with one attached hydrogen (secondary N) is 1. The van der Waals surface area contributed by atoms with Crippen LogP contribution >= 0.6 is 11.3 Å². The quantitative estimate of drug-likeness (QED) is 0.744. The van der Waals surface area contributed by atoms with Crippen LogP contribution in [-0.2, 0) is 11.2 Å². The van der Waals surface area contributed by atoms with E-state index in [9.17, 15) is 4.79 Å². The van der Waals surface area contributed by atoms with Gasteiger partial charge >= 0.3 is 0 Å². The zero-order valence-corrected chi connectivity index (χ0v) is 15.2. The summed E-state index contributed by atoms with van der Waals surface area (Å²) in [5, 5.41) is 11.0. The minimum Gasteiger partial charge on any atom is -0.354 e. The summed E-state index contributed by atoms with van der Waals surface area (Å²) in [4.78, 5) is 23.2. The molecule has 0 spiro atoms. The molecule has 1 atom stereocenters. The Morgan fingerprint density at radius 3 is 3.15 bits per heavy atom. The van der Waals surface area contributed by atoms with Gasteiger partial charge in [0.2, 0.25) is 5.91 Å². The van der Waals surface area contributed by atoms with Crippen molar-refractivity contribution >= 4 is 23.1 Å². The molecule has 0 radical (unpaired) electrons. The molecule has 1 aliphatic heterocycles. The summed E-state index contributed by atoms with van der Waals surface area (Å²) in [5.41, 5.74) is 1.87. The normalized spacial score (nSPS) is 16.8. The zero-order chi connectivity index (χ0) is 17.9. The molecule has 134 valence electrons. The zero-order valence-electron chi connectivity index (χ0n) is 14.4. The van der Waals surface area contributed by atoms with Gasteiger partial charge in [0, 0.05) is 25.3 Å². The Hall–Kier alpha value is -2.74. The van der Waals surface area contributed by atoms with Gasteiger partial charge in [0.25, 0.3) is 5.89 Å². The Morgan fingerprint density at radius 2 is 2.38 bits per heavy atom. The van der Waals surface area contributed by atoms with E-state index in [1.807, 2.05) is 29.0 Å². The molecule has 1 fully saturated rings. The van der Waals surface area contributed by atoms with Gasteiger partial charge in [0.05, 0.1) is 12.0 Å². The number of pyridine rings is 1. The molecule has 3 aromatic rings. The fourth-order valence-corrected chi connectivity index (χ4v) is 3.82. The first-order chi connectivity index (χ1) is 12.7. The largest absolute Gasteiger partial charge is 0.354 e. The fraction of sp³-hybridized carbons (Fsp3) is 0.333. The fourth-order valence-electron chi connectivity index (χ4n) is 3.15. The van der Waals surface area contributed by atoms with Crippen LogP contribution in [0.25, 0.3) is 11.5 Å². The van der Waals surface area contributed by atoms with E-state index in [0.717, 1.165) is 29.9 Å². The molecule has 1 amide bonds. The molecule has 4 heterocycles. The smallest absolute Gasteiger partial charge is 0.261 e. The number of rotatable bonds is 5. The number of amides is 1. The Morgan fingerprint density at radius 1 is 1.46 bits per heavy atom. The molecule has 8 heteroatoms. The van der Waals surface area contributed by atoms with Crippen molar-refractivity contribution in [2.75, 3.05) is 18.0 Å². The molecule has 0 saturated carbocycles. The monoisotopic (exact) mass is 369 g/mol. The molecule has 1 saturated heterocycles. The van der Waals surface area contributed by atoms with Crippen LogP contribution in [0.3, 0.4) is 0 Å². The maximum absolute atomic E-state index is 12.2. The third kappa shape index (κ3) is 3.60. The van der Waals surface area contributed by atoms with Gasteiger partial charge in [-0.05, 0) is 47.9 Å². The summed E-state index contributed by atoms with van der Waals surface area (Å²) in [6.07, 6.45) is 3.06. The van der Waals surface area contributed by atoms with E-state index in [0.29, 0.717) is 24.7 Å². The van der Waals surface area contributed by atoms with Crippen LogP contribution in [0.2, 0.25) is 0 Å². The van der Waals surface area contributed by atoms with E-state index < -0.39 is 0 Å². The molecule has 0 bridgehead atoms. The first-order valence-electron chi connectivity index (χ1n) is 8.50. The van der Waals surface area contributed by atoms with E-state index >= 15 is 0 Å². The molecule has 0 aromatic carbocycles. The Bertz CT molecular complexity index is 893. The third-order valence-corrected chi connectivity index (χ3v) is 5.07. The molecule has 1 aliphatic rings. The van der Waals surface area contributed by atoms with Crippen LogP contribution in [0.4, 0.5) is 5.82 Å². The number of hydrogen-bond acceptors (Lipinski definition) is 7. The highest BCUT2D eigenvalue weighted by atomic mass is 32.1. The summed E-state index contributed by atoms with van der Waals surface area (Å²) in [6, 6.07) is 5.88. The lowest BCUT2D eigenvalue weighted by Crippen LogP contribution is -2.38. The second-order valence-corrected chi connectivity index (χ2v) is 7.11. The molecule has 1 N–H and O–H groups in total. The van der Waals surface area contributed by atoms with Crippen LogP contribution in [0.1, 0.15) is 17.8 Å². The molecule has 26 heavy (non-hydrogen) atoms. The lowest BCUT2D eigenvalue weighted by molar-refractivity contribution is -0.121. The van der Waals surface area contributed by atoms with E-state index in [1.54, 1.807) is 24.5 Å². The van der Waals surface area contributed by atoms with Crippen molar-refractivity contribution < 1.29 is 9.32 Å². The highest BCUT2D eigenvalue weighted by molar-refractivity contribution is 7.08. The SMILES string of the molecule is Cc1noc(-c2cccnc2N2CC[C@H](NC(=O)Cc3ccsc3)C2)n1. The van der Waals surface area contributed by atoms with Gasteiger partial charge in [0.15, 0.2) is 5.82 Å². The van der Waals surface area contributed by atoms with Gasteiger partial charge in [-0.2, -0.15) is 16.3 Å². The molecule has 0 aliphatic carbocycles. The lowest BCUT2D eigenvalue weighted by atomic mass is 10.2. The predicted octanol–water partition coefficient (Wildman–Crippen LogP) is 2.44. The standard InChI is InChI=1S/C18H19N5O2S/c1-12-20-18(25-22-12)15-3-2-6-19-17(15)23-7-4-14(10-23)21-16(24)9-13-5-8-26-11-13/h2-3,5-6,8,11,14H,4,7,9-10H2,1H3,(H,21,24)/t14-/m0/s1. The minimum absolute atomic E-state index is 0.0593. The number of thiophene rings is 1. The van der Waals surface area contributed by atoms with Gasteiger partial charge in [-0.3, -0.25) is 4.79 Å². The van der Waals surface area contributed by atoms with E-state index in [4.69, 9.17) is 4.52 Å². The molecule has 7 nitrogen and oxygen atoms in total. The van der Waals surface area contributed by atoms with E-state index in [-0.39, 0.29) is 11.9 Å². The molecule has 3 aromatic heterocycles. The Labute approximate surface area is 155 Å². The highest BCUT2D eigenvalue weighted by Crippen LogP contribution is 2.29. The number of aromatic nitrogens is 3. The lowest BCUT2D eigenvalue weighted by Gasteiger charge is -2.19. The summed E-state index contributed by atoms with van der Waals surface area (Å²) in [5.74, 6) is 1.93. The predicted molar refractivity (Wildman–Crippen MR) is 99.0 cm³/mol. The summed E-state index contributed by atoms with van der Waals surface area (Å²) in [7, 11) is 0. The highest BCUT2D eigenvalue weighted by Gasteiger charge is 2.27. The van der Waals surface area contributed by atoms with Crippen LogP contribution in [0.5, 0.6) is 0 Å². The molecular weight excluding hydrogens is 350 g/mol.